The lowest BCUT2D eigenvalue weighted by molar-refractivity contribution is 0.0916. The fraction of sp³-hybridized carbons (Fsp3) is 0.727. The van der Waals surface area contributed by atoms with E-state index in [1.165, 1.54) is 0 Å². The molecule has 1 aromatic heterocycles. The minimum Gasteiger partial charge on any atom is -0.345 e. The summed E-state index contributed by atoms with van der Waals surface area (Å²) in [5, 5.41) is 7.01. The third-order valence-corrected chi connectivity index (χ3v) is 4.58. The highest BCUT2D eigenvalue weighted by Gasteiger charge is 2.28. The predicted molar refractivity (Wildman–Crippen MR) is 73.9 cm³/mol. The molecule has 1 rings (SSSR count). The number of aromatic nitrogens is 2. The van der Waals surface area contributed by atoms with Gasteiger partial charge in [-0.2, -0.15) is 0 Å². The van der Waals surface area contributed by atoms with Crippen LogP contribution in [0.3, 0.4) is 0 Å². The molecule has 0 aliphatic heterocycles. The van der Waals surface area contributed by atoms with Gasteiger partial charge in [0.25, 0.3) is 5.91 Å². The maximum absolute atomic E-state index is 12.1. The molecular weight excluding hydrogens is 302 g/mol. The predicted octanol–water partition coefficient (Wildman–Crippen LogP) is 2.95. The Morgan fingerprint density at radius 2 is 2.00 bits per heavy atom. The smallest absolute Gasteiger partial charge is 0.265 e. The van der Waals surface area contributed by atoms with Crippen molar-refractivity contribution in [3.05, 3.63) is 10.6 Å². The molecule has 0 saturated carbocycles. The van der Waals surface area contributed by atoms with Gasteiger partial charge in [0.2, 0.25) is 0 Å². The van der Waals surface area contributed by atoms with Crippen molar-refractivity contribution in [2.45, 2.75) is 50.9 Å². The maximum Gasteiger partial charge on any atom is 0.265 e. The molecule has 96 valence electrons. The molecule has 0 aliphatic carbocycles. The van der Waals surface area contributed by atoms with Gasteiger partial charge in [0, 0.05) is 10.4 Å². The third-order valence-electron chi connectivity index (χ3n) is 2.70. The molecule has 0 fully saturated rings. The highest BCUT2D eigenvalue weighted by Crippen LogP contribution is 2.22. The third kappa shape index (κ3) is 3.48. The number of amides is 1. The maximum atomic E-state index is 12.1. The van der Waals surface area contributed by atoms with Gasteiger partial charge < -0.3 is 5.32 Å². The Morgan fingerprint density at radius 1 is 1.41 bits per heavy atom. The lowest BCUT2D eigenvalue weighted by atomic mass is 10.0. The zero-order valence-electron chi connectivity index (χ0n) is 10.7. The first kappa shape index (κ1) is 14.6. The minimum atomic E-state index is -0.310. The van der Waals surface area contributed by atoms with Gasteiger partial charge in [0.05, 0.1) is 5.69 Å². The summed E-state index contributed by atoms with van der Waals surface area (Å²) in [5.41, 5.74) is 0.459. The van der Waals surface area contributed by atoms with E-state index in [-0.39, 0.29) is 22.2 Å². The van der Waals surface area contributed by atoms with E-state index in [1.54, 1.807) is 0 Å². The second-order valence-corrected chi connectivity index (χ2v) is 7.06. The quantitative estimate of drug-likeness (QED) is 0.868. The molecule has 1 heterocycles. The summed E-state index contributed by atoms with van der Waals surface area (Å²) in [6.07, 6.45) is 0. The van der Waals surface area contributed by atoms with Gasteiger partial charge >= 0.3 is 0 Å². The lowest BCUT2D eigenvalue weighted by Crippen LogP contribution is -2.48. The van der Waals surface area contributed by atoms with Crippen molar-refractivity contribution in [3.63, 3.8) is 0 Å². The average Bonchev–Trinajstić information content (AvgIpc) is 2.64. The number of nitrogens with one attached hydrogen (secondary N) is 1. The molecule has 0 bridgehead atoms. The van der Waals surface area contributed by atoms with Gasteiger partial charge in [0.15, 0.2) is 0 Å². The van der Waals surface area contributed by atoms with E-state index in [4.69, 9.17) is 0 Å². The number of hydrogen-bond donors (Lipinski definition) is 1. The zero-order valence-corrected chi connectivity index (χ0v) is 13.1. The van der Waals surface area contributed by atoms with Crippen LogP contribution in [0.15, 0.2) is 0 Å². The Labute approximate surface area is 114 Å². The first-order chi connectivity index (χ1) is 7.75. The Kier molecular flexibility index (Phi) is 4.66. The molecule has 6 heteroatoms. The molecule has 1 amide bonds. The van der Waals surface area contributed by atoms with Crippen molar-refractivity contribution in [3.8, 4) is 0 Å². The Hall–Kier alpha value is -0.490. The number of hydrogen-bond acceptors (Lipinski definition) is 4. The summed E-state index contributed by atoms with van der Waals surface area (Å²) in [7, 11) is 0. The molecule has 17 heavy (non-hydrogen) atoms. The normalized spacial score (nSPS) is 13.8. The lowest BCUT2D eigenvalue weighted by Gasteiger charge is -2.29. The van der Waals surface area contributed by atoms with Crippen LogP contribution in [0.2, 0.25) is 0 Å². The molecule has 0 aromatic carbocycles. The van der Waals surface area contributed by atoms with Crippen molar-refractivity contribution in [2.24, 2.45) is 0 Å². The van der Waals surface area contributed by atoms with Gasteiger partial charge in [-0.05, 0) is 31.3 Å². The van der Waals surface area contributed by atoms with Crippen LogP contribution in [0.5, 0.6) is 0 Å². The summed E-state index contributed by atoms with van der Waals surface area (Å²) in [5.74, 6) is 0.110. The summed E-state index contributed by atoms with van der Waals surface area (Å²) < 4.78 is 3.86. The van der Waals surface area contributed by atoms with E-state index in [1.807, 2.05) is 34.6 Å². The van der Waals surface area contributed by atoms with E-state index in [9.17, 15) is 4.79 Å². The van der Waals surface area contributed by atoms with Gasteiger partial charge in [-0.3, -0.25) is 4.79 Å². The summed E-state index contributed by atoms with van der Waals surface area (Å²) in [6.45, 7) is 9.98. The number of halogens is 1. The molecule has 1 N–H and O–H groups in total. The van der Waals surface area contributed by atoms with Crippen LogP contribution in [0.1, 0.15) is 55.9 Å². The number of alkyl halides is 1. The standard InChI is InChI=1S/C11H18BrN3OS/c1-6(2)8-9(17-15-14-8)10(16)13-11(4,5)7(3)12/h6-7H,1-5H3,(H,13,16). The fourth-order valence-corrected chi connectivity index (χ4v) is 2.01. The molecule has 1 aromatic rings. The van der Waals surface area contributed by atoms with Crippen molar-refractivity contribution < 1.29 is 4.79 Å². The van der Waals surface area contributed by atoms with E-state index in [0.717, 1.165) is 17.2 Å². The van der Waals surface area contributed by atoms with Gasteiger partial charge in [-0.15, -0.1) is 5.10 Å². The monoisotopic (exact) mass is 319 g/mol. The molecule has 1 unspecified atom stereocenters. The van der Waals surface area contributed by atoms with Crippen LogP contribution >= 0.6 is 27.5 Å². The molecule has 0 aliphatic rings. The van der Waals surface area contributed by atoms with E-state index < -0.39 is 0 Å². The molecular formula is C11H18BrN3OS. The largest absolute Gasteiger partial charge is 0.345 e. The number of carbonyl (C=O) groups excluding carboxylic acids is 1. The minimum absolute atomic E-state index is 0.0972. The topological polar surface area (TPSA) is 54.9 Å². The van der Waals surface area contributed by atoms with Gasteiger partial charge in [-0.25, -0.2) is 0 Å². The summed E-state index contributed by atoms with van der Waals surface area (Å²) in [4.78, 5) is 12.9. The number of carbonyl (C=O) groups is 1. The van der Waals surface area contributed by atoms with Crippen LogP contribution in [-0.4, -0.2) is 25.9 Å². The average molecular weight is 320 g/mol. The molecule has 4 nitrogen and oxygen atoms in total. The van der Waals surface area contributed by atoms with Crippen LogP contribution in [0, 0.1) is 0 Å². The Morgan fingerprint density at radius 3 is 2.47 bits per heavy atom. The Balaban J connectivity index is 2.87. The fourth-order valence-electron chi connectivity index (χ4n) is 1.18. The second-order valence-electron chi connectivity index (χ2n) is 4.93. The van der Waals surface area contributed by atoms with E-state index in [2.05, 4.69) is 30.8 Å². The van der Waals surface area contributed by atoms with Crippen LogP contribution in [0.25, 0.3) is 0 Å². The van der Waals surface area contributed by atoms with Crippen LogP contribution in [0.4, 0.5) is 0 Å². The van der Waals surface area contributed by atoms with E-state index >= 15 is 0 Å². The highest BCUT2D eigenvalue weighted by molar-refractivity contribution is 9.09. The zero-order chi connectivity index (χ0) is 13.2. The molecule has 0 spiro atoms. The first-order valence-corrected chi connectivity index (χ1v) is 7.23. The highest BCUT2D eigenvalue weighted by atomic mass is 79.9. The van der Waals surface area contributed by atoms with Crippen molar-refractivity contribution in [1.29, 1.82) is 0 Å². The Bertz CT molecular complexity index is 401. The van der Waals surface area contributed by atoms with E-state index in [0.29, 0.717) is 4.88 Å². The SMILES string of the molecule is CC(C)c1nnsc1C(=O)NC(C)(C)C(C)Br. The summed E-state index contributed by atoms with van der Waals surface area (Å²) >= 11 is 4.64. The van der Waals surface area contributed by atoms with Gasteiger partial charge in [0.1, 0.15) is 4.88 Å². The first-order valence-electron chi connectivity index (χ1n) is 5.54. The molecule has 0 saturated heterocycles. The van der Waals surface area contributed by atoms with Crippen LogP contribution < -0.4 is 5.32 Å². The number of nitrogens with zero attached hydrogens (tertiary/aromatic N) is 2. The number of rotatable bonds is 4. The van der Waals surface area contributed by atoms with Gasteiger partial charge in [-0.1, -0.05) is 41.2 Å². The summed E-state index contributed by atoms with van der Waals surface area (Å²) in [6, 6.07) is 0. The molecule has 1 atom stereocenters. The molecule has 0 radical (unpaired) electrons. The van der Waals surface area contributed by atoms with Crippen molar-refractivity contribution in [1.82, 2.24) is 14.9 Å². The second kappa shape index (κ2) is 5.44. The van der Waals surface area contributed by atoms with Crippen LogP contribution in [-0.2, 0) is 0 Å². The van der Waals surface area contributed by atoms with Crippen molar-refractivity contribution in [2.75, 3.05) is 0 Å². The van der Waals surface area contributed by atoms with Crippen molar-refractivity contribution >= 4 is 33.4 Å².